The number of tetrazole rings is 1. The average molecular weight is 279 g/mol. The van der Waals surface area contributed by atoms with Crippen molar-refractivity contribution in [3.05, 3.63) is 23.5 Å². The van der Waals surface area contributed by atoms with Crippen molar-refractivity contribution in [1.29, 1.82) is 0 Å². The van der Waals surface area contributed by atoms with E-state index in [0.29, 0.717) is 28.8 Å². The Morgan fingerprint density at radius 3 is 2.84 bits per heavy atom. The summed E-state index contributed by atoms with van der Waals surface area (Å²) in [5, 5.41) is 11.2. The van der Waals surface area contributed by atoms with E-state index in [2.05, 4.69) is 15.5 Å². The van der Waals surface area contributed by atoms with Crippen LogP contribution < -0.4 is 9.64 Å². The van der Waals surface area contributed by atoms with Crippen LogP contribution in [-0.2, 0) is 13.5 Å². The van der Waals surface area contributed by atoms with Crippen molar-refractivity contribution in [3.63, 3.8) is 0 Å². The predicted octanol–water partition coefficient (Wildman–Crippen LogP) is 1.38. The molecule has 19 heavy (non-hydrogen) atoms. The van der Waals surface area contributed by atoms with Gasteiger partial charge in [0.05, 0.1) is 17.8 Å². The summed E-state index contributed by atoms with van der Waals surface area (Å²) in [5.41, 5.74) is 1.47. The smallest absolute Gasteiger partial charge is 0.254 e. The Kier molecular flexibility index (Phi) is 2.67. The quantitative estimate of drug-likeness (QED) is 0.774. The van der Waals surface area contributed by atoms with Gasteiger partial charge < -0.3 is 4.74 Å². The third-order valence-electron chi connectivity index (χ3n) is 2.99. The number of ether oxygens (including phenoxy) is 1. The number of aromatic nitrogens is 4. The van der Waals surface area contributed by atoms with Crippen LogP contribution in [0.15, 0.2) is 12.1 Å². The molecule has 2 aromatic rings. The molecule has 6 nitrogen and oxygen atoms in total. The highest BCUT2D eigenvalue weighted by Gasteiger charge is 2.32. The molecule has 8 heteroatoms. The third kappa shape index (κ3) is 1.75. The zero-order valence-corrected chi connectivity index (χ0v) is 11.1. The van der Waals surface area contributed by atoms with Crippen molar-refractivity contribution in [3.8, 4) is 5.75 Å². The van der Waals surface area contributed by atoms with Crippen LogP contribution in [0.25, 0.3) is 0 Å². The molecule has 1 aromatic heterocycles. The molecule has 0 N–H and O–H groups in total. The minimum Gasteiger partial charge on any atom is -0.496 e. The highest BCUT2D eigenvalue weighted by molar-refractivity contribution is 7.80. The third-order valence-corrected chi connectivity index (χ3v) is 3.31. The number of methoxy groups -OCH3 is 1. The maximum Gasteiger partial charge on any atom is 0.254 e. The van der Waals surface area contributed by atoms with Crippen LogP contribution in [0.1, 0.15) is 5.56 Å². The van der Waals surface area contributed by atoms with E-state index in [0.717, 1.165) is 5.56 Å². The van der Waals surface area contributed by atoms with Gasteiger partial charge in [-0.1, -0.05) is 17.3 Å². The molecule has 0 amide bonds. The second kappa shape index (κ2) is 4.23. The van der Waals surface area contributed by atoms with E-state index >= 15 is 0 Å². The van der Waals surface area contributed by atoms with Gasteiger partial charge in [0, 0.05) is 25.1 Å². The number of benzene rings is 1. The Morgan fingerprint density at radius 1 is 1.42 bits per heavy atom. The van der Waals surface area contributed by atoms with Gasteiger partial charge in [0.2, 0.25) is 0 Å². The van der Waals surface area contributed by atoms with Crippen LogP contribution in [0.5, 0.6) is 5.75 Å². The fourth-order valence-electron chi connectivity index (χ4n) is 2.16. The summed E-state index contributed by atoms with van der Waals surface area (Å²) >= 11 is 5.34. The average Bonchev–Trinajstić information content (AvgIpc) is 2.91. The number of nitrogens with zero attached hydrogens (tertiary/aromatic N) is 5. The summed E-state index contributed by atoms with van der Waals surface area (Å²) < 4.78 is 20.3. The molecule has 0 saturated carbocycles. The minimum atomic E-state index is -0.388. The Hall–Kier alpha value is -2.09. The molecule has 0 fully saturated rings. The summed E-state index contributed by atoms with van der Waals surface area (Å²) in [6, 6.07) is 2.76. The lowest BCUT2D eigenvalue weighted by molar-refractivity contribution is 0.408. The molecule has 2 heterocycles. The van der Waals surface area contributed by atoms with Crippen molar-refractivity contribution in [2.75, 3.05) is 12.0 Å². The first-order chi connectivity index (χ1) is 9.11. The summed E-state index contributed by atoms with van der Waals surface area (Å²) in [6.45, 7) is 0. The standard InChI is InChI=1S/C11H10FN5OS/c1-16-11(13-14-15-16)17-8-3-6(12)4-9(18-2)7(8)5-10(17)19/h3-4H,5H2,1-2H3. The van der Waals surface area contributed by atoms with Crippen molar-refractivity contribution in [1.82, 2.24) is 20.2 Å². The van der Waals surface area contributed by atoms with Crippen LogP contribution in [0, 0.1) is 5.82 Å². The molecule has 0 saturated heterocycles. The second-order valence-corrected chi connectivity index (χ2v) is 4.59. The van der Waals surface area contributed by atoms with E-state index in [-0.39, 0.29) is 5.82 Å². The molecular formula is C11H10FN5OS. The summed E-state index contributed by atoms with van der Waals surface area (Å²) in [6.07, 6.45) is 0.501. The van der Waals surface area contributed by atoms with Gasteiger partial charge in [-0.3, -0.25) is 4.90 Å². The molecule has 0 spiro atoms. The van der Waals surface area contributed by atoms with E-state index in [9.17, 15) is 4.39 Å². The molecule has 0 radical (unpaired) electrons. The fourth-order valence-corrected chi connectivity index (χ4v) is 2.48. The van der Waals surface area contributed by atoms with E-state index in [4.69, 9.17) is 17.0 Å². The Labute approximate surface area is 113 Å². The van der Waals surface area contributed by atoms with E-state index in [1.165, 1.54) is 23.9 Å². The maximum absolute atomic E-state index is 13.6. The van der Waals surface area contributed by atoms with Gasteiger partial charge in [0.25, 0.3) is 5.95 Å². The first-order valence-corrected chi connectivity index (χ1v) is 5.94. The molecule has 0 bridgehead atoms. The highest BCUT2D eigenvalue weighted by atomic mass is 32.1. The van der Waals surface area contributed by atoms with Crippen LogP contribution in [0.2, 0.25) is 0 Å². The van der Waals surface area contributed by atoms with E-state index in [1.54, 1.807) is 11.9 Å². The van der Waals surface area contributed by atoms with Gasteiger partial charge >= 0.3 is 0 Å². The highest BCUT2D eigenvalue weighted by Crippen LogP contribution is 2.40. The second-order valence-electron chi connectivity index (χ2n) is 4.11. The lowest BCUT2D eigenvalue weighted by atomic mass is 10.1. The number of aryl methyl sites for hydroxylation is 1. The van der Waals surface area contributed by atoms with Crippen molar-refractivity contribution in [2.24, 2.45) is 7.05 Å². The van der Waals surface area contributed by atoms with E-state index in [1.807, 2.05) is 0 Å². The van der Waals surface area contributed by atoms with Gasteiger partial charge in [-0.25, -0.2) is 9.07 Å². The zero-order valence-electron chi connectivity index (χ0n) is 10.3. The molecule has 0 atom stereocenters. The molecule has 3 rings (SSSR count). The topological polar surface area (TPSA) is 56.1 Å². The fraction of sp³-hybridized carbons (Fsp3) is 0.273. The number of hydrogen-bond acceptors (Lipinski definition) is 5. The first kappa shape index (κ1) is 12.0. The number of fused-ring (bicyclic) bond motifs is 1. The summed E-state index contributed by atoms with van der Waals surface area (Å²) in [5.74, 6) is 0.548. The zero-order chi connectivity index (χ0) is 13.6. The van der Waals surface area contributed by atoms with Gasteiger partial charge in [0.15, 0.2) is 0 Å². The lowest BCUT2D eigenvalue weighted by Gasteiger charge is -2.17. The van der Waals surface area contributed by atoms with Gasteiger partial charge in [0.1, 0.15) is 11.6 Å². The molecule has 98 valence electrons. The number of rotatable bonds is 2. The SMILES string of the molecule is COc1cc(F)cc2c1CC(=S)N2c1nnnn1C. The van der Waals surface area contributed by atoms with Crippen molar-refractivity contribution < 1.29 is 9.13 Å². The lowest BCUT2D eigenvalue weighted by Crippen LogP contribution is -2.22. The number of thiocarbonyl (C=S) groups is 1. The first-order valence-electron chi connectivity index (χ1n) is 5.53. The Morgan fingerprint density at radius 2 is 2.21 bits per heavy atom. The molecule has 1 aromatic carbocycles. The Balaban J connectivity index is 2.20. The molecule has 1 aliphatic heterocycles. The molecule has 1 aliphatic rings. The van der Waals surface area contributed by atoms with Gasteiger partial charge in [-0.05, 0) is 16.5 Å². The summed E-state index contributed by atoms with van der Waals surface area (Å²) in [7, 11) is 3.21. The van der Waals surface area contributed by atoms with Gasteiger partial charge in [-0.2, -0.15) is 0 Å². The monoisotopic (exact) mass is 279 g/mol. The van der Waals surface area contributed by atoms with Crippen LogP contribution in [0.3, 0.4) is 0 Å². The number of halogens is 1. The van der Waals surface area contributed by atoms with Crippen LogP contribution >= 0.6 is 12.2 Å². The van der Waals surface area contributed by atoms with E-state index < -0.39 is 0 Å². The van der Waals surface area contributed by atoms with Crippen LogP contribution in [0.4, 0.5) is 16.0 Å². The Bertz CT molecular complexity index is 671. The maximum atomic E-state index is 13.6. The molecule has 0 aliphatic carbocycles. The van der Waals surface area contributed by atoms with Crippen molar-refractivity contribution >= 4 is 28.8 Å². The number of hydrogen-bond donors (Lipinski definition) is 0. The normalized spacial score (nSPS) is 13.8. The molecular weight excluding hydrogens is 269 g/mol. The van der Waals surface area contributed by atoms with Gasteiger partial charge in [-0.15, -0.1) is 0 Å². The molecule has 0 unspecified atom stereocenters. The predicted molar refractivity (Wildman–Crippen MR) is 70.2 cm³/mol. The van der Waals surface area contributed by atoms with Crippen LogP contribution in [-0.4, -0.2) is 32.3 Å². The largest absolute Gasteiger partial charge is 0.496 e. The van der Waals surface area contributed by atoms with Crippen molar-refractivity contribution in [2.45, 2.75) is 6.42 Å². The summed E-state index contributed by atoms with van der Waals surface area (Å²) in [4.78, 5) is 2.27. The number of anilines is 2. The minimum absolute atomic E-state index is 0.388.